The van der Waals surface area contributed by atoms with Gasteiger partial charge in [0.2, 0.25) is 0 Å². The SMILES string of the molecule is C/C(=C/N=CN)CO. The van der Waals surface area contributed by atoms with E-state index in [4.69, 9.17) is 10.8 Å². The Kier molecular flexibility index (Phi) is 3.88. The van der Waals surface area contributed by atoms with E-state index >= 15 is 0 Å². The highest BCUT2D eigenvalue weighted by molar-refractivity contribution is 5.52. The maximum absolute atomic E-state index is 8.38. The van der Waals surface area contributed by atoms with Gasteiger partial charge in [-0.1, -0.05) is 0 Å². The molecule has 0 amide bonds. The van der Waals surface area contributed by atoms with E-state index in [1.54, 1.807) is 6.92 Å². The molecule has 0 aliphatic rings. The molecule has 0 atom stereocenters. The van der Waals surface area contributed by atoms with Crippen LogP contribution in [0.5, 0.6) is 0 Å². The number of aliphatic hydroxyl groups excluding tert-OH is 1. The average molecular weight is 114 g/mol. The Hall–Kier alpha value is -0.830. The first kappa shape index (κ1) is 7.17. The summed E-state index contributed by atoms with van der Waals surface area (Å²) in [4.78, 5) is 3.57. The number of rotatable bonds is 2. The Labute approximate surface area is 48.5 Å². The third-order valence-corrected chi connectivity index (χ3v) is 0.630. The number of hydrogen-bond donors (Lipinski definition) is 2. The highest BCUT2D eigenvalue weighted by atomic mass is 16.3. The van der Waals surface area contributed by atoms with Crippen LogP contribution in [0.3, 0.4) is 0 Å². The van der Waals surface area contributed by atoms with Crippen LogP contribution >= 0.6 is 0 Å². The van der Waals surface area contributed by atoms with E-state index in [0.717, 1.165) is 5.57 Å². The largest absolute Gasteiger partial charge is 0.392 e. The lowest BCUT2D eigenvalue weighted by Crippen LogP contribution is -1.87. The molecule has 3 N–H and O–H groups in total. The van der Waals surface area contributed by atoms with E-state index in [1.807, 2.05) is 0 Å². The number of hydrogen-bond acceptors (Lipinski definition) is 2. The highest BCUT2D eigenvalue weighted by Crippen LogP contribution is 1.87. The van der Waals surface area contributed by atoms with Crippen LogP contribution in [0.15, 0.2) is 16.8 Å². The smallest absolute Gasteiger partial charge is 0.0852 e. The summed E-state index contributed by atoms with van der Waals surface area (Å²) in [7, 11) is 0. The molecule has 0 unspecified atom stereocenters. The zero-order chi connectivity index (χ0) is 6.41. The number of aliphatic imine (C=N–C) groups is 1. The standard InChI is InChI=1S/C5H10N2O/c1-5(3-8)2-7-4-6/h2,4,8H,3H2,1H3,(H2,6,7)/b5-2-. The minimum Gasteiger partial charge on any atom is -0.392 e. The normalized spacial score (nSPS) is 13.0. The van der Waals surface area contributed by atoms with Crippen molar-refractivity contribution in [2.75, 3.05) is 6.61 Å². The third kappa shape index (κ3) is 3.36. The van der Waals surface area contributed by atoms with Gasteiger partial charge in [0.05, 0.1) is 12.9 Å². The van der Waals surface area contributed by atoms with Gasteiger partial charge in [-0.2, -0.15) is 0 Å². The van der Waals surface area contributed by atoms with Crippen molar-refractivity contribution in [3.63, 3.8) is 0 Å². The van der Waals surface area contributed by atoms with Gasteiger partial charge in [-0.3, -0.25) is 0 Å². The molecule has 0 aromatic carbocycles. The zero-order valence-electron chi connectivity index (χ0n) is 4.83. The molecule has 0 aliphatic heterocycles. The van der Waals surface area contributed by atoms with Crippen LogP contribution in [0.25, 0.3) is 0 Å². The second-order valence-corrected chi connectivity index (χ2v) is 1.43. The van der Waals surface area contributed by atoms with E-state index in [0.29, 0.717) is 0 Å². The molecule has 0 heterocycles. The second kappa shape index (κ2) is 4.33. The summed E-state index contributed by atoms with van der Waals surface area (Å²) in [6.07, 6.45) is 2.69. The molecular formula is C5H10N2O. The zero-order valence-corrected chi connectivity index (χ0v) is 4.83. The summed E-state index contributed by atoms with van der Waals surface area (Å²) in [5, 5.41) is 8.38. The lowest BCUT2D eigenvalue weighted by atomic mass is 10.4. The molecule has 0 saturated carbocycles. The molecule has 0 radical (unpaired) electrons. The molecule has 0 saturated heterocycles. The van der Waals surface area contributed by atoms with E-state index in [9.17, 15) is 0 Å². The van der Waals surface area contributed by atoms with Gasteiger partial charge >= 0.3 is 0 Å². The van der Waals surface area contributed by atoms with Crippen molar-refractivity contribution in [3.05, 3.63) is 11.8 Å². The van der Waals surface area contributed by atoms with Crippen molar-refractivity contribution >= 4 is 6.34 Å². The number of nitrogens with zero attached hydrogens (tertiary/aromatic N) is 1. The number of aliphatic hydroxyl groups is 1. The highest BCUT2D eigenvalue weighted by Gasteiger charge is 1.78. The van der Waals surface area contributed by atoms with Crippen LogP contribution < -0.4 is 5.73 Å². The molecule has 46 valence electrons. The predicted octanol–water partition coefficient (Wildman–Crippen LogP) is -0.130. The van der Waals surface area contributed by atoms with Gasteiger partial charge in [-0.15, -0.1) is 0 Å². The maximum atomic E-state index is 8.38. The summed E-state index contributed by atoms with van der Waals surface area (Å²) >= 11 is 0. The first-order valence-corrected chi connectivity index (χ1v) is 2.31. The fourth-order valence-electron chi connectivity index (χ4n) is 0.211. The maximum Gasteiger partial charge on any atom is 0.0852 e. The monoisotopic (exact) mass is 114 g/mol. The van der Waals surface area contributed by atoms with Gasteiger partial charge in [0.25, 0.3) is 0 Å². The van der Waals surface area contributed by atoms with Crippen molar-refractivity contribution in [1.29, 1.82) is 0 Å². The summed E-state index contributed by atoms with van der Waals surface area (Å²) < 4.78 is 0. The summed E-state index contributed by atoms with van der Waals surface area (Å²) in [6, 6.07) is 0. The molecule has 0 aromatic heterocycles. The first-order valence-electron chi connectivity index (χ1n) is 2.31. The average Bonchev–Trinajstić information content (AvgIpc) is 1.83. The van der Waals surface area contributed by atoms with Gasteiger partial charge in [-0.25, -0.2) is 4.99 Å². The second-order valence-electron chi connectivity index (χ2n) is 1.43. The molecule has 8 heavy (non-hydrogen) atoms. The van der Waals surface area contributed by atoms with Gasteiger partial charge in [0.1, 0.15) is 0 Å². The Balaban J connectivity index is 3.57. The molecule has 0 fully saturated rings. The van der Waals surface area contributed by atoms with Crippen LogP contribution in [0.1, 0.15) is 6.92 Å². The molecular weight excluding hydrogens is 104 g/mol. The van der Waals surface area contributed by atoms with E-state index in [2.05, 4.69) is 4.99 Å². The summed E-state index contributed by atoms with van der Waals surface area (Å²) in [6.45, 7) is 1.81. The van der Waals surface area contributed by atoms with Gasteiger partial charge in [0, 0.05) is 6.20 Å². The molecule has 0 rings (SSSR count). The van der Waals surface area contributed by atoms with E-state index in [1.165, 1.54) is 12.5 Å². The quantitative estimate of drug-likeness (QED) is 0.388. The van der Waals surface area contributed by atoms with Crippen molar-refractivity contribution in [1.82, 2.24) is 0 Å². The molecule has 3 heteroatoms. The van der Waals surface area contributed by atoms with Gasteiger partial charge in [-0.05, 0) is 12.5 Å². The summed E-state index contributed by atoms with van der Waals surface area (Å²) in [5.74, 6) is 0. The fourth-order valence-corrected chi connectivity index (χ4v) is 0.211. The van der Waals surface area contributed by atoms with Crippen molar-refractivity contribution in [2.45, 2.75) is 6.92 Å². The molecule has 0 spiro atoms. The van der Waals surface area contributed by atoms with Crippen molar-refractivity contribution < 1.29 is 5.11 Å². The first-order chi connectivity index (χ1) is 3.81. The number of nitrogens with two attached hydrogens (primary N) is 1. The van der Waals surface area contributed by atoms with Crippen LogP contribution in [-0.4, -0.2) is 18.1 Å². The van der Waals surface area contributed by atoms with Gasteiger partial charge in [0.15, 0.2) is 0 Å². The fraction of sp³-hybridized carbons (Fsp3) is 0.400. The minimum atomic E-state index is 0.0390. The van der Waals surface area contributed by atoms with Gasteiger partial charge < -0.3 is 10.8 Å². The molecule has 3 nitrogen and oxygen atoms in total. The van der Waals surface area contributed by atoms with Crippen LogP contribution in [0, 0.1) is 0 Å². The topological polar surface area (TPSA) is 58.6 Å². The van der Waals surface area contributed by atoms with Crippen LogP contribution in [0.2, 0.25) is 0 Å². The van der Waals surface area contributed by atoms with Crippen molar-refractivity contribution in [3.8, 4) is 0 Å². The van der Waals surface area contributed by atoms with Crippen LogP contribution in [0.4, 0.5) is 0 Å². The third-order valence-electron chi connectivity index (χ3n) is 0.630. The lowest BCUT2D eigenvalue weighted by molar-refractivity contribution is 0.331. The predicted molar refractivity (Wildman–Crippen MR) is 33.5 cm³/mol. The van der Waals surface area contributed by atoms with Crippen molar-refractivity contribution in [2.24, 2.45) is 10.7 Å². The lowest BCUT2D eigenvalue weighted by Gasteiger charge is -1.86. The molecule has 0 bridgehead atoms. The Morgan fingerprint density at radius 1 is 1.88 bits per heavy atom. The summed E-state index contributed by atoms with van der Waals surface area (Å²) in [5.41, 5.74) is 5.71. The van der Waals surface area contributed by atoms with E-state index < -0.39 is 0 Å². The molecule has 0 aromatic rings. The Morgan fingerprint density at radius 2 is 2.50 bits per heavy atom. The van der Waals surface area contributed by atoms with E-state index in [-0.39, 0.29) is 6.61 Å². The van der Waals surface area contributed by atoms with Crippen LogP contribution in [-0.2, 0) is 0 Å². The minimum absolute atomic E-state index is 0.0390. The Bertz CT molecular complexity index is 107. The Morgan fingerprint density at radius 3 is 2.88 bits per heavy atom. The molecule has 0 aliphatic carbocycles.